The molecule has 2 aliphatic heterocycles. The van der Waals surface area contributed by atoms with Crippen molar-refractivity contribution in [2.24, 2.45) is 0 Å². The van der Waals surface area contributed by atoms with Gasteiger partial charge >= 0.3 is 0 Å². The summed E-state index contributed by atoms with van der Waals surface area (Å²) in [7, 11) is 0. The van der Waals surface area contributed by atoms with Crippen LogP contribution in [0.3, 0.4) is 0 Å². The third-order valence-electron chi connectivity index (χ3n) is 4.24. The molecule has 3 rings (SSSR count). The fourth-order valence-electron chi connectivity index (χ4n) is 2.96. The molecule has 2 unspecified atom stereocenters. The Balaban J connectivity index is 0.00000109. The molecule has 8 heteroatoms. The van der Waals surface area contributed by atoms with Gasteiger partial charge in [0.1, 0.15) is 6.04 Å². The van der Waals surface area contributed by atoms with Crippen LogP contribution in [0.5, 0.6) is 0 Å². The van der Waals surface area contributed by atoms with Crippen LogP contribution >= 0.6 is 12.3 Å². The molecule has 0 spiro atoms. The summed E-state index contributed by atoms with van der Waals surface area (Å²) in [5, 5.41) is 9.63. The van der Waals surface area contributed by atoms with Gasteiger partial charge in [0.05, 0.1) is 6.10 Å². The minimum atomic E-state index is -0.842. The standard InChI is InChI=1S/C15H15FN2O4S.C2H6/c1-8(19)9-2-3-10-7-17(14(21)11(10)6-9)12-4-5-13(20)18(23-16)15(12)22;1-2/h2-3,6,8,12,19H,4-5,7H2,1H3;1-2H3. The number of carbonyl (C=O) groups is 3. The summed E-state index contributed by atoms with van der Waals surface area (Å²) in [4.78, 5) is 37.7. The molecule has 1 aromatic carbocycles. The van der Waals surface area contributed by atoms with Crippen molar-refractivity contribution < 1.29 is 23.4 Å². The van der Waals surface area contributed by atoms with Crippen molar-refractivity contribution in [2.75, 3.05) is 0 Å². The summed E-state index contributed by atoms with van der Waals surface area (Å²) in [6.07, 6.45) is -0.487. The lowest BCUT2D eigenvalue weighted by Crippen LogP contribution is -2.51. The third kappa shape index (κ3) is 3.55. The second kappa shape index (κ2) is 7.97. The molecule has 0 aliphatic carbocycles. The Morgan fingerprint density at radius 1 is 1.28 bits per heavy atom. The first kappa shape index (κ1) is 19.4. The van der Waals surface area contributed by atoms with E-state index in [9.17, 15) is 23.4 Å². The zero-order chi connectivity index (χ0) is 18.7. The first-order valence-corrected chi connectivity index (χ1v) is 8.88. The van der Waals surface area contributed by atoms with Gasteiger partial charge in [-0.15, -0.1) is 3.89 Å². The molecule has 136 valence electrons. The number of hydrogen-bond donors (Lipinski definition) is 1. The van der Waals surface area contributed by atoms with Crippen LogP contribution in [0.15, 0.2) is 18.2 Å². The highest BCUT2D eigenvalue weighted by Crippen LogP contribution is 2.32. The first-order chi connectivity index (χ1) is 11.9. The second-order valence-electron chi connectivity index (χ2n) is 5.68. The summed E-state index contributed by atoms with van der Waals surface area (Å²) in [6.45, 7) is 5.84. The number of amides is 3. The van der Waals surface area contributed by atoms with Crippen LogP contribution in [-0.2, 0) is 16.1 Å². The van der Waals surface area contributed by atoms with Crippen LogP contribution in [0.1, 0.15) is 61.2 Å². The van der Waals surface area contributed by atoms with Crippen molar-refractivity contribution in [3.05, 3.63) is 34.9 Å². The molecule has 2 atom stereocenters. The molecule has 0 aromatic heterocycles. The zero-order valence-corrected chi connectivity index (χ0v) is 15.2. The van der Waals surface area contributed by atoms with E-state index in [4.69, 9.17) is 0 Å². The molecule has 6 nitrogen and oxygen atoms in total. The maximum Gasteiger partial charge on any atom is 0.264 e. The van der Waals surface area contributed by atoms with E-state index in [0.29, 0.717) is 15.4 Å². The van der Waals surface area contributed by atoms with E-state index in [1.165, 1.54) is 4.90 Å². The molecule has 0 radical (unpaired) electrons. The van der Waals surface area contributed by atoms with Crippen molar-refractivity contribution in [3.63, 3.8) is 0 Å². The van der Waals surface area contributed by atoms with Crippen molar-refractivity contribution in [1.29, 1.82) is 0 Å². The van der Waals surface area contributed by atoms with Gasteiger partial charge in [-0.2, -0.15) is 4.31 Å². The number of rotatable bonds is 3. The minimum Gasteiger partial charge on any atom is -0.389 e. The van der Waals surface area contributed by atoms with Gasteiger partial charge in [-0.1, -0.05) is 26.0 Å². The van der Waals surface area contributed by atoms with E-state index in [0.717, 1.165) is 5.56 Å². The Hall–Kier alpha value is -1.93. The van der Waals surface area contributed by atoms with E-state index in [2.05, 4.69) is 0 Å². The summed E-state index contributed by atoms with van der Waals surface area (Å²) in [5.74, 6) is -1.62. The molecule has 2 aliphatic rings. The largest absolute Gasteiger partial charge is 0.389 e. The van der Waals surface area contributed by atoms with Crippen LogP contribution in [-0.4, -0.2) is 38.1 Å². The number of benzene rings is 1. The normalized spacial score (nSPS) is 21.0. The average Bonchev–Trinajstić information content (AvgIpc) is 2.93. The highest BCUT2D eigenvalue weighted by atomic mass is 32.2. The highest BCUT2D eigenvalue weighted by molar-refractivity contribution is 7.93. The lowest BCUT2D eigenvalue weighted by Gasteiger charge is -2.32. The Kier molecular flexibility index (Phi) is 6.18. The Morgan fingerprint density at radius 2 is 1.96 bits per heavy atom. The summed E-state index contributed by atoms with van der Waals surface area (Å²) < 4.78 is 13.3. The molecule has 0 bridgehead atoms. The molecule has 1 aromatic rings. The fourth-order valence-corrected chi connectivity index (χ4v) is 3.32. The van der Waals surface area contributed by atoms with Crippen molar-refractivity contribution in [2.45, 2.75) is 52.3 Å². The van der Waals surface area contributed by atoms with Gasteiger partial charge in [-0.3, -0.25) is 14.4 Å². The van der Waals surface area contributed by atoms with E-state index in [1.807, 2.05) is 13.8 Å². The molecular formula is C17H21FN2O4S. The SMILES string of the molecule is CC.CC(O)c1ccc2c(c1)C(=O)N(C1CCC(=O)N(SF)C1=O)C2. The molecule has 3 amide bonds. The van der Waals surface area contributed by atoms with Gasteiger partial charge in [0.15, 0.2) is 12.3 Å². The number of fused-ring (bicyclic) bond motifs is 1. The first-order valence-electron chi connectivity index (χ1n) is 8.21. The highest BCUT2D eigenvalue weighted by Gasteiger charge is 2.43. The molecule has 1 fully saturated rings. The van der Waals surface area contributed by atoms with Crippen molar-refractivity contribution in [3.8, 4) is 0 Å². The zero-order valence-electron chi connectivity index (χ0n) is 14.4. The lowest BCUT2D eigenvalue weighted by molar-refractivity contribution is -0.145. The topological polar surface area (TPSA) is 77.9 Å². The van der Waals surface area contributed by atoms with Gasteiger partial charge in [0.2, 0.25) is 5.91 Å². The maximum absolute atomic E-state index is 12.8. The van der Waals surface area contributed by atoms with E-state index in [1.54, 1.807) is 25.1 Å². The number of imide groups is 1. The Bertz CT molecular complexity index is 695. The Morgan fingerprint density at radius 3 is 2.56 bits per heavy atom. The Labute approximate surface area is 150 Å². The number of carbonyl (C=O) groups excluding carboxylic acids is 3. The number of hydrogen-bond acceptors (Lipinski definition) is 5. The number of piperidine rings is 1. The fraction of sp³-hybridized carbons (Fsp3) is 0.471. The van der Waals surface area contributed by atoms with Gasteiger partial charge in [-0.25, -0.2) is 0 Å². The van der Waals surface area contributed by atoms with Crippen molar-refractivity contribution >= 4 is 30.1 Å². The van der Waals surface area contributed by atoms with Crippen LogP contribution < -0.4 is 0 Å². The second-order valence-corrected chi connectivity index (χ2v) is 6.18. The van der Waals surface area contributed by atoms with Crippen LogP contribution in [0, 0.1) is 0 Å². The molecule has 0 saturated carbocycles. The predicted molar refractivity (Wildman–Crippen MR) is 91.9 cm³/mol. The van der Waals surface area contributed by atoms with Gasteiger partial charge in [0, 0.05) is 18.5 Å². The summed E-state index contributed by atoms with van der Waals surface area (Å²) in [5.41, 5.74) is 1.81. The molecule has 2 heterocycles. The minimum absolute atomic E-state index is 0.0202. The molecular weight excluding hydrogens is 347 g/mol. The number of halogens is 1. The summed E-state index contributed by atoms with van der Waals surface area (Å²) >= 11 is -0.421. The van der Waals surface area contributed by atoms with Crippen molar-refractivity contribution in [1.82, 2.24) is 9.21 Å². The molecule has 1 N–H and O–H groups in total. The molecule has 25 heavy (non-hydrogen) atoms. The van der Waals surface area contributed by atoms with Gasteiger partial charge in [-0.05, 0) is 30.5 Å². The van der Waals surface area contributed by atoms with Gasteiger partial charge in [0.25, 0.3) is 11.8 Å². The number of aliphatic hydroxyl groups is 1. The quantitative estimate of drug-likeness (QED) is 0.656. The monoisotopic (exact) mass is 368 g/mol. The van der Waals surface area contributed by atoms with Crippen LogP contribution in [0.2, 0.25) is 0 Å². The maximum atomic E-state index is 12.8. The van der Waals surface area contributed by atoms with E-state index < -0.39 is 36.3 Å². The van der Waals surface area contributed by atoms with Crippen LogP contribution in [0.25, 0.3) is 0 Å². The van der Waals surface area contributed by atoms with Gasteiger partial charge < -0.3 is 10.0 Å². The van der Waals surface area contributed by atoms with E-state index >= 15 is 0 Å². The smallest absolute Gasteiger partial charge is 0.264 e. The lowest BCUT2D eigenvalue weighted by atomic mass is 10.0. The average molecular weight is 368 g/mol. The number of nitrogens with zero attached hydrogens (tertiary/aromatic N) is 2. The number of aliphatic hydroxyl groups excluding tert-OH is 1. The third-order valence-corrected chi connectivity index (χ3v) is 4.76. The van der Waals surface area contributed by atoms with E-state index in [-0.39, 0.29) is 25.3 Å². The van der Waals surface area contributed by atoms with Crippen LogP contribution in [0.4, 0.5) is 3.89 Å². The molecule has 1 saturated heterocycles. The summed E-state index contributed by atoms with van der Waals surface area (Å²) in [6, 6.07) is 4.25. The predicted octanol–water partition coefficient (Wildman–Crippen LogP) is 2.77.